The molecule has 0 amide bonds. The van der Waals surface area contributed by atoms with Gasteiger partial charge in [0.2, 0.25) is 0 Å². The number of para-hydroxylation sites is 1. The number of benzene rings is 1. The van der Waals surface area contributed by atoms with Gasteiger partial charge in [-0.15, -0.1) is 0 Å². The standard InChI is InChI=1S/C13H21N3S/c1-10(8-9-17-3)16(2)12-7-5-4-6-11(12)13(14)15/h4-7,10H,8-9H2,1-3H3,(H3,14,15). The zero-order valence-electron chi connectivity index (χ0n) is 10.7. The Hall–Kier alpha value is -1.16. The molecule has 0 aliphatic heterocycles. The SMILES string of the molecule is CSCCC(C)N(C)c1ccccc1C(=N)N. The third-order valence-electron chi connectivity index (χ3n) is 2.98. The van der Waals surface area contributed by atoms with Crippen LogP contribution < -0.4 is 10.6 Å². The molecule has 0 heterocycles. The van der Waals surface area contributed by atoms with E-state index in [2.05, 4.69) is 25.1 Å². The number of rotatable bonds is 6. The summed E-state index contributed by atoms with van der Waals surface area (Å²) in [6.07, 6.45) is 3.25. The summed E-state index contributed by atoms with van der Waals surface area (Å²) in [5.74, 6) is 1.28. The van der Waals surface area contributed by atoms with Gasteiger partial charge in [0.1, 0.15) is 5.84 Å². The summed E-state index contributed by atoms with van der Waals surface area (Å²) in [7, 11) is 2.06. The Balaban J connectivity index is 2.87. The molecule has 0 aromatic heterocycles. The van der Waals surface area contributed by atoms with Gasteiger partial charge < -0.3 is 10.6 Å². The summed E-state index contributed by atoms with van der Waals surface area (Å²) >= 11 is 1.86. The topological polar surface area (TPSA) is 53.1 Å². The molecule has 3 N–H and O–H groups in total. The molecule has 0 bridgehead atoms. The van der Waals surface area contributed by atoms with E-state index in [1.807, 2.05) is 36.0 Å². The molecule has 94 valence electrons. The summed E-state index contributed by atoms with van der Waals surface area (Å²) in [6.45, 7) is 2.20. The molecule has 0 spiro atoms. The van der Waals surface area contributed by atoms with Crippen LogP contribution in [0, 0.1) is 5.41 Å². The number of nitrogens with zero attached hydrogens (tertiary/aromatic N) is 1. The van der Waals surface area contributed by atoms with Crippen LogP contribution in [-0.4, -0.2) is 30.9 Å². The maximum atomic E-state index is 7.60. The zero-order chi connectivity index (χ0) is 12.8. The molecular weight excluding hydrogens is 230 g/mol. The minimum atomic E-state index is 0.129. The van der Waals surface area contributed by atoms with Gasteiger partial charge in [0.15, 0.2) is 0 Å². The molecule has 0 aliphatic carbocycles. The smallest absolute Gasteiger partial charge is 0.124 e. The van der Waals surface area contributed by atoms with Crippen LogP contribution in [0.2, 0.25) is 0 Å². The van der Waals surface area contributed by atoms with Gasteiger partial charge in [-0.2, -0.15) is 11.8 Å². The zero-order valence-corrected chi connectivity index (χ0v) is 11.6. The largest absolute Gasteiger partial charge is 0.384 e. The van der Waals surface area contributed by atoms with Crippen molar-refractivity contribution in [3.05, 3.63) is 29.8 Å². The Labute approximate surface area is 108 Å². The highest BCUT2D eigenvalue weighted by molar-refractivity contribution is 7.98. The van der Waals surface area contributed by atoms with Crippen molar-refractivity contribution < 1.29 is 0 Å². The van der Waals surface area contributed by atoms with E-state index in [0.717, 1.165) is 23.4 Å². The molecule has 1 aromatic rings. The van der Waals surface area contributed by atoms with Gasteiger partial charge in [-0.1, -0.05) is 12.1 Å². The van der Waals surface area contributed by atoms with E-state index in [1.54, 1.807) is 0 Å². The van der Waals surface area contributed by atoms with Gasteiger partial charge in [-0.25, -0.2) is 0 Å². The van der Waals surface area contributed by atoms with Gasteiger partial charge in [-0.05, 0) is 37.5 Å². The molecule has 0 fully saturated rings. The third-order valence-corrected chi connectivity index (χ3v) is 3.62. The number of nitrogens with two attached hydrogens (primary N) is 1. The van der Waals surface area contributed by atoms with Crippen molar-refractivity contribution in [1.82, 2.24) is 0 Å². The summed E-state index contributed by atoms with van der Waals surface area (Å²) < 4.78 is 0. The molecule has 1 atom stereocenters. The van der Waals surface area contributed by atoms with Gasteiger partial charge >= 0.3 is 0 Å². The molecule has 3 nitrogen and oxygen atoms in total. The lowest BCUT2D eigenvalue weighted by atomic mass is 10.1. The second kappa shape index (κ2) is 6.55. The van der Waals surface area contributed by atoms with Crippen molar-refractivity contribution in [3.8, 4) is 0 Å². The minimum absolute atomic E-state index is 0.129. The Morgan fingerprint density at radius 3 is 2.71 bits per heavy atom. The molecule has 0 radical (unpaired) electrons. The van der Waals surface area contributed by atoms with E-state index in [9.17, 15) is 0 Å². The van der Waals surface area contributed by atoms with Gasteiger partial charge in [0.25, 0.3) is 0 Å². The second-order valence-corrected chi connectivity index (χ2v) is 5.16. The Morgan fingerprint density at radius 1 is 1.47 bits per heavy atom. The maximum absolute atomic E-state index is 7.60. The number of nitrogens with one attached hydrogen (secondary N) is 1. The lowest BCUT2D eigenvalue weighted by molar-refractivity contribution is 0.669. The highest BCUT2D eigenvalue weighted by Gasteiger charge is 2.14. The van der Waals surface area contributed by atoms with Crippen LogP contribution in [0.25, 0.3) is 0 Å². The average molecular weight is 251 g/mol. The quantitative estimate of drug-likeness (QED) is 0.603. The fraction of sp³-hybridized carbons (Fsp3) is 0.462. The summed E-state index contributed by atoms with van der Waals surface area (Å²) in [4.78, 5) is 2.20. The van der Waals surface area contributed by atoms with Gasteiger partial charge in [0, 0.05) is 24.3 Å². The number of thioether (sulfide) groups is 1. The van der Waals surface area contributed by atoms with Crippen molar-refractivity contribution in [2.24, 2.45) is 5.73 Å². The Kier molecular flexibility index (Phi) is 5.35. The van der Waals surface area contributed by atoms with Crippen LogP contribution in [0.4, 0.5) is 5.69 Å². The average Bonchev–Trinajstić information content (AvgIpc) is 2.34. The molecule has 1 unspecified atom stereocenters. The van der Waals surface area contributed by atoms with Gasteiger partial charge in [-0.3, -0.25) is 5.41 Å². The Bertz CT molecular complexity index is 379. The Morgan fingerprint density at radius 2 is 2.12 bits per heavy atom. The maximum Gasteiger partial charge on any atom is 0.124 e. The number of hydrogen-bond donors (Lipinski definition) is 2. The fourth-order valence-corrected chi connectivity index (χ4v) is 2.31. The van der Waals surface area contributed by atoms with Crippen LogP contribution in [-0.2, 0) is 0 Å². The first kappa shape index (κ1) is 13.9. The van der Waals surface area contributed by atoms with Crippen molar-refractivity contribution in [2.75, 3.05) is 24.0 Å². The van der Waals surface area contributed by atoms with Crippen LogP contribution >= 0.6 is 11.8 Å². The molecule has 4 heteroatoms. The number of anilines is 1. The van der Waals surface area contributed by atoms with Crippen molar-refractivity contribution >= 4 is 23.3 Å². The van der Waals surface area contributed by atoms with E-state index in [4.69, 9.17) is 11.1 Å². The number of hydrogen-bond acceptors (Lipinski definition) is 3. The van der Waals surface area contributed by atoms with Crippen molar-refractivity contribution in [2.45, 2.75) is 19.4 Å². The normalized spacial score (nSPS) is 12.2. The minimum Gasteiger partial charge on any atom is -0.384 e. The number of amidine groups is 1. The molecule has 1 aromatic carbocycles. The molecule has 0 saturated carbocycles. The van der Waals surface area contributed by atoms with E-state index >= 15 is 0 Å². The monoisotopic (exact) mass is 251 g/mol. The summed E-state index contributed by atoms with van der Waals surface area (Å²) in [5, 5.41) is 7.60. The molecule has 0 aliphatic rings. The lowest BCUT2D eigenvalue weighted by Gasteiger charge is -2.28. The van der Waals surface area contributed by atoms with Crippen molar-refractivity contribution in [1.29, 1.82) is 5.41 Å². The molecular formula is C13H21N3S. The first-order chi connectivity index (χ1) is 8.07. The molecule has 17 heavy (non-hydrogen) atoms. The van der Waals surface area contributed by atoms with Crippen LogP contribution in [0.5, 0.6) is 0 Å². The predicted octanol–water partition coefficient (Wildman–Crippen LogP) is 2.55. The predicted molar refractivity (Wildman–Crippen MR) is 78.3 cm³/mol. The first-order valence-electron chi connectivity index (χ1n) is 5.73. The highest BCUT2D eigenvalue weighted by Crippen LogP contribution is 2.22. The summed E-state index contributed by atoms with van der Waals surface area (Å²) in [6, 6.07) is 8.27. The highest BCUT2D eigenvalue weighted by atomic mass is 32.2. The van der Waals surface area contributed by atoms with Crippen LogP contribution in [0.15, 0.2) is 24.3 Å². The lowest BCUT2D eigenvalue weighted by Crippen LogP contribution is -2.31. The van der Waals surface area contributed by atoms with E-state index in [0.29, 0.717) is 6.04 Å². The fourth-order valence-electron chi connectivity index (χ4n) is 1.73. The number of nitrogen functional groups attached to an aromatic ring is 1. The van der Waals surface area contributed by atoms with E-state index in [1.165, 1.54) is 0 Å². The van der Waals surface area contributed by atoms with Crippen molar-refractivity contribution in [3.63, 3.8) is 0 Å². The van der Waals surface area contributed by atoms with E-state index < -0.39 is 0 Å². The van der Waals surface area contributed by atoms with E-state index in [-0.39, 0.29) is 5.84 Å². The molecule has 0 saturated heterocycles. The second-order valence-electron chi connectivity index (χ2n) is 4.17. The third kappa shape index (κ3) is 3.66. The van der Waals surface area contributed by atoms with Crippen LogP contribution in [0.3, 0.4) is 0 Å². The summed E-state index contributed by atoms with van der Waals surface area (Å²) in [5.41, 5.74) is 7.45. The first-order valence-corrected chi connectivity index (χ1v) is 7.12. The van der Waals surface area contributed by atoms with Crippen LogP contribution in [0.1, 0.15) is 18.9 Å². The van der Waals surface area contributed by atoms with Gasteiger partial charge in [0.05, 0.1) is 0 Å². The molecule has 1 rings (SSSR count).